The van der Waals surface area contributed by atoms with Crippen LogP contribution in [-0.4, -0.2) is 0 Å². The van der Waals surface area contributed by atoms with Crippen molar-refractivity contribution in [1.82, 2.24) is 0 Å². The molecule has 48 valence electrons. The quantitative estimate of drug-likeness (QED) is 0.389. The first-order valence-electron chi connectivity index (χ1n) is 2.71. The van der Waals surface area contributed by atoms with Crippen LogP contribution in [-0.2, 0) is 25.8 Å². The number of hydrogen-bond acceptors (Lipinski definition) is 0. The number of rotatable bonds is 0. The predicted molar refractivity (Wildman–Crippen MR) is 38.8 cm³/mol. The van der Waals surface area contributed by atoms with Crippen molar-refractivity contribution >= 4 is 0 Å². The van der Waals surface area contributed by atoms with Gasteiger partial charge >= 0.3 is 0 Å². The molecule has 0 saturated carbocycles. The van der Waals surface area contributed by atoms with E-state index in [-0.39, 0.29) is 25.8 Å². The Hall–Kier alpha value is -0.480. The summed E-state index contributed by atoms with van der Waals surface area (Å²) in [4.78, 5) is 0. The smallest absolute Gasteiger partial charge is 0.0000609 e. The van der Waals surface area contributed by atoms with Gasteiger partial charge < -0.3 is 0 Å². The van der Waals surface area contributed by atoms with Crippen LogP contribution < -0.4 is 0 Å². The second-order valence-corrected chi connectivity index (χ2v) is 1.84. The molecule has 10 heavy (non-hydrogen) atoms. The summed E-state index contributed by atoms with van der Waals surface area (Å²) in [5, 5.41) is 0. The molecule has 0 atom stereocenters. The minimum absolute atomic E-state index is 0. The zero-order valence-electron chi connectivity index (χ0n) is 5.59. The maximum Gasteiger partial charge on any atom is 0.0000609 e. The normalized spacial score (nSPS) is 7.50. The van der Waals surface area contributed by atoms with Crippen LogP contribution in [0.25, 0.3) is 0 Å². The number of terminal acetylenes is 1. The Balaban J connectivity index is 0.000000810. The third-order valence-corrected chi connectivity index (χ3v) is 1.12. The molecule has 1 heteroatoms. The molecular formula is C9H7Hf-. The van der Waals surface area contributed by atoms with Gasteiger partial charge in [0.1, 0.15) is 0 Å². The van der Waals surface area contributed by atoms with Gasteiger partial charge in [0.25, 0.3) is 0 Å². The van der Waals surface area contributed by atoms with Crippen molar-refractivity contribution in [2.45, 2.75) is 0 Å². The number of hydrogen-bond donors (Lipinski definition) is 0. The minimum Gasteiger partial charge on any atom is -0.199 e. The number of benzene rings is 1. The van der Waals surface area contributed by atoms with Gasteiger partial charge in [0, 0.05) is 31.4 Å². The van der Waals surface area contributed by atoms with E-state index in [9.17, 15) is 0 Å². The van der Waals surface area contributed by atoms with Crippen molar-refractivity contribution in [2.24, 2.45) is 0 Å². The molecule has 0 aliphatic carbocycles. The van der Waals surface area contributed by atoms with Crippen LogP contribution in [0.5, 0.6) is 0 Å². The first-order chi connectivity index (χ1) is 4.33. The molecule has 0 aromatic heterocycles. The van der Waals surface area contributed by atoms with E-state index in [1.54, 1.807) is 0 Å². The summed E-state index contributed by atoms with van der Waals surface area (Å²) < 4.78 is 0. The molecule has 1 aromatic rings. The molecule has 0 amide bonds. The Morgan fingerprint density at radius 1 is 1.20 bits per heavy atom. The van der Waals surface area contributed by atoms with Crippen molar-refractivity contribution in [1.29, 1.82) is 0 Å². The third kappa shape index (κ3) is 2.41. The van der Waals surface area contributed by atoms with Gasteiger partial charge in [-0.1, -0.05) is 5.92 Å². The van der Waals surface area contributed by atoms with Crippen LogP contribution in [0.3, 0.4) is 0 Å². The van der Waals surface area contributed by atoms with Crippen LogP contribution in [0.4, 0.5) is 0 Å². The Morgan fingerprint density at radius 2 is 1.70 bits per heavy atom. The molecule has 0 aliphatic heterocycles. The topological polar surface area (TPSA) is 0 Å². The van der Waals surface area contributed by atoms with E-state index in [2.05, 4.69) is 12.8 Å². The first kappa shape index (κ1) is 9.52. The zero-order valence-corrected chi connectivity index (χ0v) is 9.19. The van der Waals surface area contributed by atoms with E-state index in [0.29, 0.717) is 0 Å². The van der Waals surface area contributed by atoms with Crippen LogP contribution >= 0.6 is 0 Å². The molecule has 0 spiro atoms. The first-order valence-corrected chi connectivity index (χ1v) is 2.71. The Labute approximate surface area is 80.4 Å². The van der Waals surface area contributed by atoms with E-state index < -0.39 is 0 Å². The van der Waals surface area contributed by atoms with Gasteiger partial charge in [0.2, 0.25) is 0 Å². The third-order valence-electron chi connectivity index (χ3n) is 1.12. The Kier molecular flexibility index (Phi) is 4.14. The van der Waals surface area contributed by atoms with Crippen molar-refractivity contribution in [2.75, 3.05) is 0 Å². The van der Waals surface area contributed by atoms with E-state index >= 15 is 0 Å². The molecule has 0 N–H and O–H groups in total. The average molecular weight is 294 g/mol. The fraction of sp³-hybridized carbons (Fsp3) is 0. The Morgan fingerprint density at radius 3 is 2.10 bits per heavy atom. The van der Waals surface area contributed by atoms with Gasteiger partial charge in [0.05, 0.1) is 0 Å². The van der Waals surface area contributed by atoms with E-state index in [4.69, 9.17) is 6.42 Å². The van der Waals surface area contributed by atoms with Crippen LogP contribution in [0.15, 0.2) is 24.3 Å². The SMILES string of the molecule is C#Cc1ccc([CH2-])cc1.[Hf]. The van der Waals surface area contributed by atoms with E-state index in [0.717, 1.165) is 11.1 Å². The van der Waals surface area contributed by atoms with Gasteiger partial charge in [-0.15, -0.1) is 18.6 Å². The summed E-state index contributed by atoms with van der Waals surface area (Å²) >= 11 is 0. The average Bonchev–Trinajstić information content (AvgIpc) is 1.90. The minimum atomic E-state index is 0. The summed E-state index contributed by atoms with van der Waals surface area (Å²) in [6, 6.07) is 7.55. The molecule has 1 rings (SSSR count). The van der Waals surface area contributed by atoms with Crippen LogP contribution in [0.2, 0.25) is 0 Å². The van der Waals surface area contributed by atoms with Gasteiger partial charge in [0.15, 0.2) is 0 Å². The summed E-state index contributed by atoms with van der Waals surface area (Å²) in [7, 11) is 0. The largest absolute Gasteiger partial charge is 0.199 e. The van der Waals surface area contributed by atoms with Crippen molar-refractivity contribution in [3.05, 3.63) is 42.3 Å². The van der Waals surface area contributed by atoms with Gasteiger partial charge in [-0.3, -0.25) is 0 Å². The monoisotopic (exact) mass is 295 g/mol. The fourth-order valence-electron chi connectivity index (χ4n) is 0.601. The molecule has 0 radical (unpaired) electrons. The second kappa shape index (κ2) is 4.35. The summed E-state index contributed by atoms with van der Waals surface area (Å²) in [6.07, 6.45) is 5.13. The maximum atomic E-state index is 5.13. The van der Waals surface area contributed by atoms with Gasteiger partial charge in [-0.25, -0.2) is 0 Å². The molecule has 1 aromatic carbocycles. The van der Waals surface area contributed by atoms with E-state index in [1.807, 2.05) is 24.3 Å². The summed E-state index contributed by atoms with van der Waals surface area (Å²) in [5.41, 5.74) is 1.90. The van der Waals surface area contributed by atoms with Crippen LogP contribution in [0, 0.1) is 19.3 Å². The van der Waals surface area contributed by atoms with E-state index in [1.165, 1.54) is 0 Å². The molecule has 0 bridgehead atoms. The van der Waals surface area contributed by atoms with Gasteiger partial charge in [-0.05, 0) is 0 Å². The summed E-state index contributed by atoms with van der Waals surface area (Å²) in [6.45, 7) is 3.73. The predicted octanol–water partition coefficient (Wildman–Crippen LogP) is 1.85. The summed E-state index contributed by atoms with van der Waals surface area (Å²) in [5.74, 6) is 2.53. The Bertz CT molecular complexity index is 228. The molecule has 0 saturated heterocycles. The zero-order chi connectivity index (χ0) is 6.69. The van der Waals surface area contributed by atoms with Crippen molar-refractivity contribution < 1.29 is 25.8 Å². The van der Waals surface area contributed by atoms with Crippen molar-refractivity contribution in [3.63, 3.8) is 0 Å². The molecule has 0 fully saturated rings. The molecule has 0 heterocycles. The molecule has 0 nitrogen and oxygen atoms in total. The van der Waals surface area contributed by atoms with Gasteiger partial charge in [-0.2, -0.15) is 24.6 Å². The molecule has 0 unspecified atom stereocenters. The molecule has 0 aliphatic rings. The van der Waals surface area contributed by atoms with Crippen LogP contribution in [0.1, 0.15) is 11.1 Å². The standard InChI is InChI=1S/C9H7.Hf/c1-3-9-6-4-8(2)5-7-9;/h1,4-7H,2H2;/q-1;. The second-order valence-electron chi connectivity index (χ2n) is 1.84. The maximum absolute atomic E-state index is 5.13. The molecular weight excluding hydrogens is 287 g/mol. The van der Waals surface area contributed by atoms with Crippen molar-refractivity contribution in [3.8, 4) is 12.3 Å². The fourth-order valence-corrected chi connectivity index (χ4v) is 0.601.